The summed E-state index contributed by atoms with van der Waals surface area (Å²) in [5.74, 6) is 1.08. The van der Waals surface area contributed by atoms with Gasteiger partial charge >= 0.3 is 0 Å². The Balaban J connectivity index is 1.69. The predicted molar refractivity (Wildman–Crippen MR) is 98.5 cm³/mol. The van der Waals surface area contributed by atoms with Crippen LogP contribution in [0.2, 0.25) is 0 Å². The molecule has 3 rings (SSSR count). The van der Waals surface area contributed by atoms with Gasteiger partial charge in [0.25, 0.3) is 11.5 Å². The maximum atomic E-state index is 12.8. The standard InChI is InChI=1S/C16H22N8O2/c1-10-11(9-18-16(19-10)22(2)3)14(26)24-6-4-23(5-7-24)12-8-13(25)21-15(17)20-12/h8-9H,4-7H2,1-3H3,(H3,17,20,21,25). The number of aromatic amines is 1. The molecule has 0 saturated carbocycles. The number of nitrogens with zero attached hydrogens (tertiary/aromatic N) is 6. The van der Waals surface area contributed by atoms with Crippen LogP contribution in [0.15, 0.2) is 17.1 Å². The van der Waals surface area contributed by atoms with Gasteiger partial charge in [-0.05, 0) is 6.92 Å². The third-order valence-electron chi connectivity index (χ3n) is 4.23. The lowest BCUT2D eigenvalue weighted by molar-refractivity contribution is 0.0745. The molecule has 0 atom stereocenters. The van der Waals surface area contributed by atoms with E-state index in [2.05, 4.69) is 19.9 Å². The topological polar surface area (TPSA) is 124 Å². The lowest BCUT2D eigenvalue weighted by atomic mass is 10.2. The van der Waals surface area contributed by atoms with E-state index in [0.717, 1.165) is 0 Å². The zero-order valence-electron chi connectivity index (χ0n) is 15.1. The van der Waals surface area contributed by atoms with Gasteiger partial charge < -0.3 is 20.4 Å². The number of aromatic nitrogens is 4. The zero-order chi connectivity index (χ0) is 18.8. The van der Waals surface area contributed by atoms with Crippen molar-refractivity contribution in [3.8, 4) is 0 Å². The molecule has 0 aromatic carbocycles. The summed E-state index contributed by atoms with van der Waals surface area (Å²) in [6.45, 7) is 3.97. The van der Waals surface area contributed by atoms with Crippen molar-refractivity contribution in [2.75, 3.05) is 55.8 Å². The van der Waals surface area contributed by atoms with Crippen molar-refractivity contribution in [3.63, 3.8) is 0 Å². The second-order valence-electron chi connectivity index (χ2n) is 6.33. The molecular formula is C16H22N8O2. The Hall–Kier alpha value is -3.17. The first-order valence-corrected chi connectivity index (χ1v) is 8.27. The number of nitrogens with two attached hydrogens (primary N) is 1. The van der Waals surface area contributed by atoms with E-state index in [1.54, 1.807) is 22.9 Å². The van der Waals surface area contributed by atoms with Gasteiger partial charge in [0, 0.05) is 52.5 Å². The molecule has 0 radical (unpaired) electrons. The minimum absolute atomic E-state index is 0.0831. The predicted octanol–water partition coefficient (Wildman–Crippen LogP) is -0.521. The van der Waals surface area contributed by atoms with Crippen molar-refractivity contribution in [1.29, 1.82) is 0 Å². The van der Waals surface area contributed by atoms with Crippen LogP contribution in [0.5, 0.6) is 0 Å². The number of H-pyrrole nitrogens is 1. The SMILES string of the molecule is Cc1nc(N(C)C)ncc1C(=O)N1CCN(c2cc(=O)[nH]c(N)n2)CC1. The molecule has 3 heterocycles. The largest absolute Gasteiger partial charge is 0.369 e. The fraction of sp³-hybridized carbons (Fsp3) is 0.438. The number of nitrogens with one attached hydrogen (secondary N) is 1. The van der Waals surface area contributed by atoms with Crippen molar-refractivity contribution in [3.05, 3.63) is 33.9 Å². The number of rotatable bonds is 3. The number of carbonyl (C=O) groups is 1. The normalized spacial score (nSPS) is 14.4. The van der Waals surface area contributed by atoms with Crippen LogP contribution in [0.4, 0.5) is 17.7 Å². The summed E-state index contributed by atoms with van der Waals surface area (Å²) in [6, 6.07) is 1.41. The third kappa shape index (κ3) is 3.58. The van der Waals surface area contributed by atoms with Gasteiger partial charge in [-0.3, -0.25) is 14.6 Å². The molecule has 138 valence electrons. The lowest BCUT2D eigenvalue weighted by Gasteiger charge is -2.35. The molecule has 1 aliphatic heterocycles. The Labute approximate surface area is 150 Å². The Morgan fingerprint density at radius 3 is 2.50 bits per heavy atom. The molecule has 0 spiro atoms. The van der Waals surface area contributed by atoms with Crippen LogP contribution in [-0.4, -0.2) is 71.0 Å². The number of aryl methyl sites for hydroxylation is 1. The fourth-order valence-corrected chi connectivity index (χ4v) is 2.81. The van der Waals surface area contributed by atoms with E-state index in [4.69, 9.17) is 5.73 Å². The van der Waals surface area contributed by atoms with E-state index < -0.39 is 0 Å². The molecule has 1 amide bonds. The Morgan fingerprint density at radius 2 is 1.92 bits per heavy atom. The van der Waals surface area contributed by atoms with E-state index in [1.807, 2.05) is 19.0 Å². The molecule has 1 fully saturated rings. The summed E-state index contributed by atoms with van der Waals surface area (Å²) in [5, 5.41) is 0. The van der Waals surface area contributed by atoms with Crippen molar-refractivity contribution in [1.82, 2.24) is 24.8 Å². The zero-order valence-corrected chi connectivity index (χ0v) is 15.1. The van der Waals surface area contributed by atoms with Crippen molar-refractivity contribution >= 4 is 23.6 Å². The maximum Gasteiger partial charge on any atom is 0.257 e. The molecule has 1 saturated heterocycles. The minimum atomic E-state index is -0.292. The minimum Gasteiger partial charge on any atom is -0.369 e. The number of carbonyl (C=O) groups excluding carboxylic acids is 1. The highest BCUT2D eigenvalue weighted by Gasteiger charge is 2.25. The summed E-state index contributed by atoms with van der Waals surface area (Å²) in [6.07, 6.45) is 1.57. The Bertz CT molecular complexity index is 871. The first-order valence-electron chi connectivity index (χ1n) is 8.27. The summed E-state index contributed by atoms with van der Waals surface area (Å²) >= 11 is 0. The van der Waals surface area contributed by atoms with Gasteiger partial charge in [-0.2, -0.15) is 4.98 Å². The molecule has 2 aromatic rings. The molecule has 26 heavy (non-hydrogen) atoms. The molecule has 3 N–H and O–H groups in total. The number of anilines is 3. The maximum absolute atomic E-state index is 12.8. The van der Waals surface area contributed by atoms with E-state index in [9.17, 15) is 9.59 Å². The van der Waals surface area contributed by atoms with E-state index in [0.29, 0.717) is 49.2 Å². The molecular weight excluding hydrogens is 336 g/mol. The first-order chi connectivity index (χ1) is 12.3. The summed E-state index contributed by atoms with van der Waals surface area (Å²) in [7, 11) is 3.70. The van der Waals surface area contributed by atoms with Gasteiger partial charge in [0.1, 0.15) is 5.82 Å². The van der Waals surface area contributed by atoms with E-state index in [1.165, 1.54) is 6.07 Å². The molecule has 0 unspecified atom stereocenters. The molecule has 10 heteroatoms. The van der Waals surface area contributed by atoms with Gasteiger partial charge in [0.15, 0.2) is 0 Å². The quantitative estimate of drug-likeness (QED) is 0.751. The molecule has 1 aliphatic rings. The number of hydrogen-bond donors (Lipinski definition) is 2. The average Bonchev–Trinajstić information content (AvgIpc) is 2.60. The lowest BCUT2D eigenvalue weighted by Crippen LogP contribution is -2.49. The van der Waals surface area contributed by atoms with Gasteiger partial charge in [-0.25, -0.2) is 9.97 Å². The van der Waals surface area contributed by atoms with Crippen LogP contribution in [0.1, 0.15) is 16.1 Å². The van der Waals surface area contributed by atoms with E-state index in [-0.39, 0.29) is 17.4 Å². The van der Waals surface area contributed by atoms with Gasteiger partial charge in [-0.1, -0.05) is 0 Å². The number of nitrogen functional groups attached to an aromatic ring is 1. The Kier molecular flexibility index (Phi) is 4.74. The second-order valence-corrected chi connectivity index (χ2v) is 6.33. The number of amides is 1. The smallest absolute Gasteiger partial charge is 0.257 e. The number of hydrogen-bond acceptors (Lipinski definition) is 8. The monoisotopic (exact) mass is 358 g/mol. The van der Waals surface area contributed by atoms with Gasteiger partial charge in [0.05, 0.1) is 11.3 Å². The summed E-state index contributed by atoms with van der Waals surface area (Å²) in [4.78, 5) is 45.0. The van der Waals surface area contributed by atoms with Crippen molar-refractivity contribution < 1.29 is 4.79 Å². The van der Waals surface area contributed by atoms with Crippen LogP contribution >= 0.6 is 0 Å². The van der Waals surface area contributed by atoms with E-state index >= 15 is 0 Å². The molecule has 0 aliphatic carbocycles. The summed E-state index contributed by atoms with van der Waals surface area (Å²) < 4.78 is 0. The van der Waals surface area contributed by atoms with Crippen LogP contribution in [0.3, 0.4) is 0 Å². The third-order valence-corrected chi connectivity index (χ3v) is 4.23. The highest BCUT2D eigenvalue weighted by Crippen LogP contribution is 2.16. The second kappa shape index (κ2) is 6.98. The van der Waals surface area contributed by atoms with Crippen LogP contribution < -0.4 is 21.1 Å². The molecule has 10 nitrogen and oxygen atoms in total. The molecule has 2 aromatic heterocycles. The van der Waals surface area contributed by atoms with Crippen LogP contribution in [0, 0.1) is 6.92 Å². The summed E-state index contributed by atoms with van der Waals surface area (Å²) in [5.41, 5.74) is 6.46. The van der Waals surface area contributed by atoms with Crippen molar-refractivity contribution in [2.45, 2.75) is 6.92 Å². The molecule has 0 bridgehead atoms. The van der Waals surface area contributed by atoms with Gasteiger partial charge in [-0.15, -0.1) is 0 Å². The highest BCUT2D eigenvalue weighted by molar-refractivity contribution is 5.95. The highest BCUT2D eigenvalue weighted by atomic mass is 16.2. The van der Waals surface area contributed by atoms with Crippen LogP contribution in [0.25, 0.3) is 0 Å². The fourth-order valence-electron chi connectivity index (χ4n) is 2.81. The average molecular weight is 358 g/mol. The Morgan fingerprint density at radius 1 is 1.23 bits per heavy atom. The van der Waals surface area contributed by atoms with Crippen LogP contribution in [-0.2, 0) is 0 Å². The number of piperazine rings is 1. The first kappa shape index (κ1) is 17.6. The van der Waals surface area contributed by atoms with Crippen molar-refractivity contribution in [2.24, 2.45) is 0 Å². The van der Waals surface area contributed by atoms with Gasteiger partial charge in [0.2, 0.25) is 11.9 Å².